The molecule has 0 aliphatic heterocycles. The van der Waals surface area contributed by atoms with E-state index in [9.17, 15) is 4.79 Å². The number of rotatable bonds is 9. The summed E-state index contributed by atoms with van der Waals surface area (Å²) in [6, 6.07) is -0.0783. The van der Waals surface area contributed by atoms with Crippen LogP contribution in [0.25, 0.3) is 0 Å². The number of hydrogen-bond acceptors (Lipinski definition) is 2. The molecular formula is C13H27NO2. The van der Waals surface area contributed by atoms with E-state index in [0.717, 1.165) is 18.8 Å². The van der Waals surface area contributed by atoms with Crippen molar-refractivity contribution < 1.29 is 9.90 Å². The molecule has 0 rings (SSSR count). The third kappa shape index (κ3) is 7.69. The lowest BCUT2D eigenvalue weighted by atomic mass is 10.0. The Morgan fingerprint density at radius 3 is 2.25 bits per heavy atom. The number of carbonyl (C=O) groups is 1. The quantitative estimate of drug-likeness (QED) is 0.639. The van der Waals surface area contributed by atoms with Crippen molar-refractivity contribution in [3.8, 4) is 0 Å². The lowest BCUT2D eigenvalue weighted by Gasteiger charge is -2.20. The number of aliphatic carboxylic acids is 1. The van der Waals surface area contributed by atoms with Crippen LogP contribution in [0.3, 0.4) is 0 Å². The molecule has 0 aliphatic carbocycles. The molecule has 0 aromatic rings. The summed E-state index contributed by atoms with van der Waals surface area (Å²) in [6.45, 7) is 8.53. The van der Waals surface area contributed by atoms with Gasteiger partial charge in [0.1, 0.15) is 6.04 Å². The van der Waals surface area contributed by atoms with Gasteiger partial charge in [-0.15, -0.1) is 0 Å². The zero-order chi connectivity index (χ0) is 12.6. The minimum absolute atomic E-state index is 0.298. The molecule has 96 valence electrons. The summed E-state index contributed by atoms with van der Waals surface area (Å²) >= 11 is 0. The van der Waals surface area contributed by atoms with Crippen molar-refractivity contribution in [2.24, 2.45) is 5.92 Å². The first kappa shape index (κ1) is 15.4. The van der Waals surface area contributed by atoms with E-state index in [4.69, 9.17) is 5.11 Å². The summed E-state index contributed by atoms with van der Waals surface area (Å²) in [4.78, 5) is 10.9. The van der Waals surface area contributed by atoms with Gasteiger partial charge in [0.15, 0.2) is 0 Å². The molecule has 0 radical (unpaired) electrons. The Morgan fingerprint density at radius 2 is 1.81 bits per heavy atom. The lowest BCUT2D eigenvalue weighted by Crippen LogP contribution is -2.41. The van der Waals surface area contributed by atoms with Gasteiger partial charge < -0.3 is 10.4 Å². The van der Waals surface area contributed by atoms with Gasteiger partial charge in [-0.25, -0.2) is 0 Å². The van der Waals surface area contributed by atoms with Gasteiger partial charge in [0.05, 0.1) is 0 Å². The predicted octanol–water partition coefficient (Wildman–Crippen LogP) is 3.04. The van der Waals surface area contributed by atoms with E-state index in [2.05, 4.69) is 26.1 Å². The van der Waals surface area contributed by atoms with Gasteiger partial charge in [0, 0.05) is 6.04 Å². The molecule has 3 nitrogen and oxygen atoms in total. The highest BCUT2D eigenvalue weighted by Gasteiger charge is 2.17. The molecule has 2 unspecified atom stereocenters. The van der Waals surface area contributed by atoms with Gasteiger partial charge >= 0.3 is 5.97 Å². The second-order valence-electron chi connectivity index (χ2n) is 5.07. The molecule has 0 fully saturated rings. The highest BCUT2D eigenvalue weighted by Crippen LogP contribution is 2.09. The molecule has 0 amide bonds. The van der Waals surface area contributed by atoms with Crippen LogP contribution in [0.4, 0.5) is 0 Å². The van der Waals surface area contributed by atoms with Crippen LogP contribution in [0, 0.1) is 5.92 Å². The van der Waals surface area contributed by atoms with Gasteiger partial charge in [0.25, 0.3) is 0 Å². The summed E-state index contributed by atoms with van der Waals surface area (Å²) in [5.41, 5.74) is 0. The number of nitrogens with one attached hydrogen (secondary N) is 1. The van der Waals surface area contributed by atoms with Crippen molar-refractivity contribution in [2.45, 2.75) is 71.9 Å². The predicted molar refractivity (Wildman–Crippen MR) is 67.6 cm³/mol. The van der Waals surface area contributed by atoms with Crippen LogP contribution in [0.5, 0.6) is 0 Å². The van der Waals surface area contributed by atoms with E-state index in [1.165, 1.54) is 12.8 Å². The highest BCUT2D eigenvalue weighted by molar-refractivity contribution is 5.73. The average Bonchev–Trinajstić information content (AvgIpc) is 2.16. The molecule has 0 spiro atoms. The molecule has 16 heavy (non-hydrogen) atoms. The zero-order valence-corrected chi connectivity index (χ0v) is 11.1. The fraction of sp³-hybridized carbons (Fsp3) is 0.923. The van der Waals surface area contributed by atoms with E-state index in [0.29, 0.717) is 12.5 Å². The molecule has 3 heteroatoms. The molecule has 2 N–H and O–H groups in total. The van der Waals surface area contributed by atoms with E-state index in [1.807, 2.05) is 6.92 Å². The Hall–Kier alpha value is -0.570. The van der Waals surface area contributed by atoms with Crippen LogP contribution in [0.2, 0.25) is 0 Å². The Balaban J connectivity index is 3.81. The molecule has 0 heterocycles. The van der Waals surface area contributed by atoms with Gasteiger partial charge in [-0.05, 0) is 25.7 Å². The second-order valence-corrected chi connectivity index (χ2v) is 5.07. The third-order valence-corrected chi connectivity index (χ3v) is 2.78. The molecule has 0 aromatic heterocycles. The lowest BCUT2D eigenvalue weighted by molar-refractivity contribution is -0.139. The highest BCUT2D eigenvalue weighted by atomic mass is 16.4. The summed E-state index contributed by atoms with van der Waals surface area (Å²) < 4.78 is 0. The van der Waals surface area contributed by atoms with Crippen LogP contribution < -0.4 is 5.32 Å². The largest absolute Gasteiger partial charge is 0.480 e. The van der Waals surface area contributed by atoms with Crippen LogP contribution in [-0.2, 0) is 4.79 Å². The van der Waals surface area contributed by atoms with Gasteiger partial charge in [-0.1, -0.05) is 40.0 Å². The number of hydrogen-bond donors (Lipinski definition) is 2. The maximum atomic E-state index is 10.9. The Labute approximate surface area is 99.6 Å². The molecule has 0 saturated carbocycles. The smallest absolute Gasteiger partial charge is 0.320 e. The summed E-state index contributed by atoms with van der Waals surface area (Å²) in [5.74, 6) is 0.00988. The van der Waals surface area contributed by atoms with Crippen molar-refractivity contribution in [2.75, 3.05) is 0 Å². The fourth-order valence-electron chi connectivity index (χ4n) is 1.83. The van der Waals surface area contributed by atoms with Crippen molar-refractivity contribution >= 4 is 5.97 Å². The first-order valence-electron chi connectivity index (χ1n) is 6.46. The normalized spacial score (nSPS) is 15.1. The van der Waals surface area contributed by atoms with Crippen molar-refractivity contribution in [3.63, 3.8) is 0 Å². The molecule has 0 aromatic carbocycles. The van der Waals surface area contributed by atoms with Crippen molar-refractivity contribution in [1.82, 2.24) is 5.32 Å². The fourth-order valence-corrected chi connectivity index (χ4v) is 1.83. The minimum Gasteiger partial charge on any atom is -0.480 e. The van der Waals surface area contributed by atoms with Crippen LogP contribution in [0.15, 0.2) is 0 Å². The van der Waals surface area contributed by atoms with E-state index < -0.39 is 5.97 Å². The third-order valence-electron chi connectivity index (χ3n) is 2.78. The molecule has 0 aliphatic rings. The summed E-state index contributed by atoms with van der Waals surface area (Å²) in [6.07, 6.45) is 5.07. The summed E-state index contributed by atoms with van der Waals surface area (Å²) in [5, 5.41) is 12.2. The number of carboxylic acids is 1. The molecule has 0 bridgehead atoms. The van der Waals surface area contributed by atoms with Crippen LogP contribution in [-0.4, -0.2) is 23.2 Å². The second kappa shape index (κ2) is 8.57. The van der Waals surface area contributed by atoms with Gasteiger partial charge in [-0.3, -0.25) is 4.79 Å². The molecular weight excluding hydrogens is 202 g/mol. The van der Waals surface area contributed by atoms with Crippen molar-refractivity contribution in [1.29, 1.82) is 0 Å². The van der Waals surface area contributed by atoms with Crippen LogP contribution in [0.1, 0.15) is 59.8 Å². The molecule has 2 atom stereocenters. The maximum absolute atomic E-state index is 10.9. The monoisotopic (exact) mass is 229 g/mol. The first-order valence-corrected chi connectivity index (χ1v) is 6.46. The number of carboxylic acid groups (broad SMARTS) is 1. The van der Waals surface area contributed by atoms with Gasteiger partial charge in [0.2, 0.25) is 0 Å². The summed E-state index contributed by atoms with van der Waals surface area (Å²) in [7, 11) is 0. The Bertz CT molecular complexity index is 192. The van der Waals surface area contributed by atoms with Gasteiger partial charge in [-0.2, -0.15) is 0 Å². The topological polar surface area (TPSA) is 49.3 Å². The van der Waals surface area contributed by atoms with E-state index in [1.54, 1.807) is 0 Å². The van der Waals surface area contributed by atoms with Crippen LogP contribution >= 0.6 is 0 Å². The maximum Gasteiger partial charge on any atom is 0.320 e. The average molecular weight is 229 g/mol. The Morgan fingerprint density at radius 1 is 1.19 bits per heavy atom. The zero-order valence-electron chi connectivity index (χ0n) is 11.1. The Kier molecular flexibility index (Phi) is 8.26. The molecule has 0 saturated heterocycles. The standard InChI is InChI=1S/C13H27NO2/c1-5-7-12(13(15)16)14-11(4)9-6-8-10(2)3/h10-12,14H,5-9H2,1-4H3,(H,15,16). The SMILES string of the molecule is CCCC(NC(C)CCCC(C)C)C(=O)O. The minimum atomic E-state index is -0.724. The van der Waals surface area contributed by atoms with E-state index >= 15 is 0 Å². The van der Waals surface area contributed by atoms with E-state index in [-0.39, 0.29) is 6.04 Å². The van der Waals surface area contributed by atoms with Crippen molar-refractivity contribution in [3.05, 3.63) is 0 Å². The first-order chi connectivity index (χ1) is 7.47.